The lowest BCUT2D eigenvalue weighted by molar-refractivity contribution is -0.147. The van der Waals surface area contributed by atoms with Crippen molar-refractivity contribution in [2.24, 2.45) is 11.8 Å². The largest absolute Gasteiger partial charge is 0.504 e. The van der Waals surface area contributed by atoms with Gasteiger partial charge >= 0.3 is 6.09 Å². The number of ether oxygens (including phenoxy) is 1. The molecular weight excluding hydrogens is 1330 g/mol. The summed E-state index contributed by atoms with van der Waals surface area (Å²) in [5, 5.41) is 104. The number of aromatic nitrogens is 2. The van der Waals surface area contributed by atoms with Crippen molar-refractivity contribution in [3.8, 4) is 32.6 Å². The van der Waals surface area contributed by atoms with Crippen LogP contribution < -0.4 is 41.0 Å². The maximum Gasteiger partial charge on any atom is 0.407 e. The first kappa shape index (κ1) is 75.1. The molecule has 1 aliphatic carbocycles. The van der Waals surface area contributed by atoms with Gasteiger partial charge in [0.05, 0.1) is 36.6 Å². The third kappa shape index (κ3) is 19.2. The molecule has 8 amide bonds. The molecule has 0 bridgehead atoms. The van der Waals surface area contributed by atoms with Gasteiger partial charge in [0, 0.05) is 106 Å². The van der Waals surface area contributed by atoms with Crippen molar-refractivity contribution in [2.45, 2.75) is 151 Å². The molecule has 13 atom stereocenters. The van der Waals surface area contributed by atoms with E-state index < -0.39 is 201 Å². The lowest BCUT2D eigenvalue weighted by atomic mass is 9.86. The molecule has 4 aromatic rings. The molecule has 5 aliphatic rings. The summed E-state index contributed by atoms with van der Waals surface area (Å²) in [6.07, 6.45) is -7.90. The van der Waals surface area contributed by atoms with E-state index in [1.54, 1.807) is 12.1 Å². The van der Waals surface area contributed by atoms with Crippen LogP contribution in [0, 0.1) is 11.8 Å². The Morgan fingerprint density at radius 2 is 1.37 bits per heavy atom. The highest BCUT2D eigenvalue weighted by molar-refractivity contribution is 8.15. The Balaban J connectivity index is 0.968. The molecule has 1 saturated carbocycles. The van der Waals surface area contributed by atoms with Crippen molar-refractivity contribution < 1.29 is 96.7 Å². The first-order chi connectivity index (χ1) is 47.0. The molecule has 16 N–H and O–H groups in total. The van der Waals surface area contributed by atoms with E-state index in [1.165, 1.54) is 62.2 Å². The standard InChI is InChI=1S/C65H88N12O20S2/c1-5-26-96-65(92)66-21-20-48(82)53-64(91)77-32-35(3)55(84)54(77)60(89)67-31-43(79)29-45(68-56(85)38-9-11-39(12-10-38)61-72-73-62(98-61)40-13-17-42(18-14-40)75-24-22-74(23-25-75)41-15-6-34(2)7-16-41)57(86)69-51(36(4)78)63(90)76-33-44(80)30-46(76)58(87)70-52(59(88)71-53)49(83)27-37-8-19-47(81)50(28-37)97-99(93,94)95/h5,8-14,17-19,28,34-36,41,43-46,48-49,51-55,78-84,93-95H,1,6-7,15-16,20-27,29-33H2,2-4H3,(H,66,92)(H,67,89)(H,68,85)(H,69,86)(H,70,87)(H,71,88)/t34?,35-,36+,41?,43+,44+,45-,46-,48+,49+,51-,52-,53-,54-,55-/m0/s1. The topological polar surface area (TPSA) is 468 Å². The maximum absolute atomic E-state index is 15.0. The molecule has 9 rings (SSSR count). The van der Waals surface area contributed by atoms with Crippen LogP contribution in [0.25, 0.3) is 21.1 Å². The third-order valence-electron chi connectivity index (χ3n) is 18.6. The number of fused-ring (bicyclic) bond motifs is 2. The van der Waals surface area contributed by atoms with Crippen LogP contribution in [-0.2, 0) is 39.9 Å². The monoisotopic (exact) mass is 1420 g/mol. The number of rotatable bonds is 18. The van der Waals surface area contributed by atoms with Gasteiger partial charge in [-0.15, -0.1) is 10.2 Å². The quantitative estimate of drug-likeness (QED) is 0.0585. The molecule has 1 aromatic heterocycles. The number of piperazine rings is 1. The number of alkyl carbamates (subject to hydrolysis) is 1. The average molecular weight is 1420 g/mol. The number of carbonyl (C=O) groups excluding carboxylic acids is 8. The predicted molar refractivity (Wildman–Crippen MR) is 359 cm³/mol. The molecule has 3 aromatic carbocycles. The SMILES string of the molecule is C=CCOC(=O)NCC[C@@H](O)[C@@H]1NC(=O)[C@H]([C@H](O)Cc2ccc(O)c(OS(O)(O)O)c2)NC(=O)[C@@H]2C[C@@H](O)CN2C(=O)[C@H]([C@@H](C)O)NC(=O)[C@@H](NC(=O)c2ccc(-c3nnc(-c4ccc(N5CCN(C6CCC(C)CC6)CC5)cc4)s3)cc2)C[C@@H](O)CNC(=O)[C@@H]2[C@@H](O)[C@@H](C)CN2C1=O. The van der Waals surface area contributed by atoms with Gasteiger partial charge in [0.2, 0.25) is 35.4 Å². The van der Waals surface area contributed by atoms with Gasteiger partial charge < -0.3 is 91.3 Å². The van der Waals surface area contributed by atoms with E-state index in [0.29, 0.717) is 21.6 Å². The van der Waals surface area contributed by atoms with Gasteiger partial charge in [0.15, 0.2) is 11.5 Å². The molecule has 5 fully saturated rings. The Kier molecular flexibility index (Phi) is 25.3. The number of phenols is 1. The van der Waals surface area contributed by atoms with Crippen LogP contribution in [0.5, 0.6) is 11.5 Å². The molecule has 0 spiro atoms. The Bertz CT molecular complexity index is 3510. The smallest absolute Gasteiger partial charge is 0.407 e. The average Bonchev–Trinajstić information content (AvgIpc) is 1.74. The van der Waals surface area contributed by atoms with Crippen molar-refractivity contribution in [2.75, 3.05) is 63.9 Å². The van der Waals surface area contributed by atoms with Crippen molar-refractivity contribution in [1.29, 1.82) is 0 Å². The van der Waals surface area contributed by atoms with Gasteiger partial charge in [0.25, 0.3) is 17.1 Å². The number of hydrogen-bond acceptors (Lipinski definition) is 25. The van der Waals surface area contributed by atoms with E-state index in [0.717, 1.165) is 78.3 Å². The summed E-state index contributed by atoms with van der Waals surface area (Å²) in [5.41, 5.74) is 2.52. The number of aromatic hydroxyl groups is 1. The summed E-state index contributed by atoms with van der Waals surface area (Å²) in [6.45, 7) is 9.94. The predicted octanol–water partition coefficient (Wildman–Crippen LogP) is 0.0466. The molecule has 32 nitrogen and oxygen atoms in total. The third-order valence-corrected chi connectivity index (χ3v) is 20.0. The Morgan fingerprint density at radius 3 is 2.01 bits per heavy atom. The second-order valence-corrected chi connectivity index (χ2v) is 28.0. The number of nitrogens with zero attached hydrogens (tertiary/aromatic N) is 6. The number of β-amino-alcohol motifs (C(OH)–C–C–N with tert-alkyl or cyclic N) is 1. The Morgan fingerprint density at radius 1 is 0.747 bits per heavy atom. The number of carbonyl (C=O) groups is 8. The molecule has 4 aliphatic heterocycles. The number of benzene rings is 3. The normalized spacial score (nSPS) is 27.6. The number of anilines is 1. The number of nitrogens with one attached hydrogen (secondary N) is 6. The van der Waals surface area contributed by atoms with Crippen molar-refractivity contribution in [3.05, 3.63) is 90.5 Å². The highest BCUT2D eigenvalue weighted by Crippen LogP contribution is 2.41. The molecule has 34 heteroatoms. The second kappa shape index (κ2) is 33.4. The van der Waals surface area contributed by atoms with E-state index in [9.17, 15) is 87.8 Å². The van der Waals surface area contributed by atoms with E-state index in [1.807, 2.05) is 12.1 Å². The summed E-state index contributed by atoms with van der Waals surface area (Å²) in [4.78, 5) is 121. The van der Waals surface area contributed by atoms with Gasteiger partial charge in [-0.2, -0.15) is 0 Å². The molecule has 540 valence electrons. The number of aliphatic hydroxyl groups excluding tert-OH is 6. The van der Waals surface area contributed by atoms with E-state index in [2.05, 4.69) is 81.7 Å². The molecule has 0 radical (unpaired) electrons. The van der Waals surface area contributed by atoms with Crippen molar-refractivity contribution in [1.82, 2.24) is 56.8 Å². The second-order valence-electron chi connectivity index (χ2n) is 25.9. The van der Waals surface area contributed by atoms with Crippen molar-refractivity contribution in [3.63, 3.8) is 0 Å². The number of hydrogen-bond donors (Lipinski definition) is 16. The minimum absolute atomic E-state index is 0.00865. The van der Waals surface area contributed by atoms with Crippen LogP contribution in [0.2, 0.25) is 0 Å². The zero-order valence-corrected chi connectivity index (χ0v) is 56.5. The maximum atomic E-state index is 15.0. The van der Waals surface area contributed by atoms with Crippen LogP contribution in [-0.4, -0.2) is 260 Å². The molecule has 5 heterocycles. The first-order valence-corrected chi connectivity index (χ1v) is 35.1. The summed E-state index contributed by atoms with van der Waals surface area (Å²) in [5.74, 6) is -9.77. The summed E-state index contributed by atoms with van der Waals surface area (Å²) >= 11 is -3.42. The zero-order chi connectivity index (χ0) is 71.6. The lowest BCUT2D eigenvalue weighted by Gasteiger charge is -2.42. The van der Waals surface area contributed by atoms with Gasteiger partial charge in [-0.05, 0) is 99.0 Å². The van der Waals surface area contributed by atoms with E-state index in [4.69, 9.17) is 4.74 Å². The summed E-state index contributed by atoms with van der Waals surface area (Å²) in [6, 6.07) is 6.28. The Labute approximate surface area is 576 Å². The minimum Gasteiger partial charge on any atom is -0.504 e. The lowest BCUT2D eigenvalue weighted by Crippen LogP contribution is -2.64. The number of amides is 8. The van der Waals surface area contributed by atoms with Crippen LogP contribution in [0.3, 0.4) is 0 Å². The fraction of sp³-hybridized carbons (Fsp3) is 0.538. The Hall–Kier alpha value is -8.13. The van der Waals surface area contributed by atoms with Gasteiger partial charge in [-0.1, -0.05) is 56.0 Å². The highest BCUT2D eigenvalue weighted by atomic mass is 32.3. The van der Waals surface area contributed by atoms with Crippen LogP contribution >= 0.6 is 22.5 Å². The fourth-order valence-electron chi connectivity index (χ4n) is 13.1. The van der Waals surface area contributed by atoms with Gasteiger partial charge in [0.1, 0.15) is 52.9 Å². The van der Waals surface area contributed by atoms with Crippen LogP contribution in [0.4, 0.5) is 10.5 Å². The van der Waals surface area contributed by atoms with Gasteiger partial charge in [-0.3, -0.25) is 52.1 Å². The zero-order valence-electron chi connectivity index (χ0n) is 54.9. The molecular formula is C65H88N12O20S2. The molecule has 0 unspecified atom stereocenters. The van der Waals surface area contributed by atoms with Crippen LogP contribution in [0.1, 0.15) is 81.6 Å². The van der Waals surface area contributed by atoms with Crippen molar-refractivity contribution >= 4 is 75.6 Å². The summed E-state index contributed by atoms with van der Waals surface area (Å²) < 4.78 is 38.3. The molecule has 4 saturated heterocycles. The number of aliphatic hydroxyl groups is 6. The van der Waals surface area contributed by atoms with Crippen LogP contribution in [0.15, 0.2) is 79.4 Å². The minimum atomic E-state index is -4.75. The van der Waals surface area contributed by atoms with Gasteiger partial charge in [-0.25, -0.2) is 4.79 Å². The van der Waals surface area contributed by atoms with E-state index >= 15 is 0 Å². The van der Waals surface area contributed by atoms with E-state index in [-0.39, 0.29) is 17.7 Å². The highest BCUT2D eigenvalue weighted by Gasteiger charge is 2.50. The molecule has 99 heavy (non-hydrogen) atoms. The fourth-order valence-corrected chi connectivity index (χ4v) is 14.3. The number of phenolic OH excluding ortho intramolecular Hbond substituents is 1. The summed E-state index contributed by atoms with van der Waals surface area (Å²) in [7, 11) is 0. The first-order valence-electron chi connectivity index (χ1n) is 32.8.